The number of hydrogen-bond acceptors (Lipinski definition) is 3. The molecule has 26 heavy (non-hydrogen) atoms. The van der Waals surface area contributed by atoms with E-state index in [4.69, 9.17) is 0 Å². The largest absolute Gasteiger partial charge is 0.326 e. The molecule has 0 aliphatic carbocycles. The fourth-order valence-electron chi connectivity index (χ4n) is 2.87. The molecule has 0 saturated carbocycles. The molecule has 2 N–H and O–H groups in total. The maximum Gasteiger partial charge on any atom is 0.256 e. The van der Waals surface area contributed by atoms with Crippen molar-refractivity contribution in [2.24, 2.45) is 0 Å². The Bertz CT molecular complexity index is 936. The van der Waals surface area contributed by atoms with Crippen molar-refractivity contribution in [1.29, 1.82) is 0 Å². The van der Waals surface area contributed by atoms with Crippen molar-refractivity contribution in [3.05, 3.63) is 87.3 Å². The van der Waals surface area contributed by atoms with Crippen molar-refractivity contribution in [2.45, 2.75) is 39.5 Å². The van der Waals surface area contributed by atoms with Gasteiger partial charge in [-0.15, -0.1) is 0 Å². The molecule has 1 heterocycles. The van der Waals surface area contributed by atoms with Gasteiger partial charge in [0.15, 0.2) is 0 Å². The van der Waals surface area contributed by atoms with Crippen LogP contribution in [0, 0.1) is 6.92 Å². The molecular formula is C22H25N3O. The molecule has 0 fully saturated rings. The van der Waals surface area contributed by atoms with E-state index in [1.807, 2.05) is 49.4 Å². The molecule has 4 heteroatoms. The number of nitrogens with zero attached hydrogens (tertiary/aromatic N) is 1. The molecule has 0 saturated heterocycles. The second-order valence-corrected chi connectivity index (χ2v) is 7.59. The summed E-state index contributed by atoms with van der Waals surface area (Å²) in [7, 11) is 0. The standard InChI is InChI=1S/C22H25N3O/c1-15-19(14-16-8-6-5-7-9-16)20(26)25-21(23-15)24-18-12-10-17(11-13-18)22(2,3)4/h5-13H,14H2,1-4H3,(H2,23,24,25,26). The number of hydrogen-bond donors (Lipinski definition) is 2. The Labute approximate surface area is 154 Å². The predicted octanol–water partition coefficient (Wildman–Crippen LogP) is 4.71. The fourth-order valence-corrected chi connectivity index (χ4v) is 2.87. The smallest absolute Gasteiger partial charge is 0.256 e. The molecule has 0 bridgehead atoms. The van der Waals surface area contributed by atoms with E-state index in [2.05, 4.69) is 48.2 Å². The number of nitrogens with one attached hydrogen (secondary N) is 2. The molecule has 0 radical (unpaired) electrons. The zero-order valence-electron chi connectivity index (χ0n) is 15.8. The number of rotatable bonds is 4. The van der Waals surface area contributed by atoms with Crippen LogP contribution in [0.4, 0.5) is 11.6 Å². The average molecular weight is 347 g/mol. The third kappa shape index (κ3) is 4.20. The quantitative estimate of drug-likeness (QED) is 0.718. The number of H-pyrrole nitrogens is 1. The summed E-state index contributed by atoms with van der Waals surface area (Å²) >= 11 is 0. The van der Waals surface area contributed by atoms with E-state index in [-0.39, 0.29) is 11.0 Å². The Balaban J connectivity index is 1.81. The Morgan fingerprint density at radius 2 is 1.65 bits per heavy atom. The van der Waals surface area contributed by atoms with Crippen LogP contribution >= 0.6 is 0 Å². The van der Waals surface area contributed by atoms with Crippen LogP contribution in [0.2, 0.25) is 0 Å². The molecule has 2 aromatic carbocycles. The lowest BCUT2D eigenvalue weighted by molar-refractivity contribution is 0.590. The van der Waals surface area contributed by atoms with Crippen LogP contribution < -0.4 is 10.9 Å². The maximum absolute atomic E-state index is 12.5. The van der Waals surface area contributed by atoms with Crippen LogP contribution in [0.15, 0.2) is 59.4 Å². The lowest BCUT2D eigenvalue weighted by Gasteiger charge is -2.19. The van der Waals surface area contributed by atoms with Gasteiger partial charge < -0.3 is 5.32 Å². The number of aromatic nitrogens is 2. The monoisotopic (exact) mass is 347 g/mol. The molecule has 134 valence electrons. The van der Waals surface area contributed by atoms with Crippen molar-refractivity contribution in [3.63, 3.8) is 0 Å². The first-order chi connectivity index (χ1) is 12.3. The minimum atomic E-state index is -0.102. The molecule has 0 amide bonds. The molecule has 3 rings (SSSR count). The molecule has 3 aromatic rings. The molecule has 1 aromatic heterocycles. The summed E-state index contributed by atoms with van der Waals surface area (Å²) in [5, 5.41) is 3.19. The highest BCUT2D eigenvalue weighted by atomic mass is 16.1. The zero-order chi connectivity index (χ0) is 18.7. The van der Waals surface area contributed by atoms with Gasteiger partial charge in [-0.05, 0) is 35.6 Å². The van der Waals surface area contributed by atoms with Crippen molar-refractivity contribution in [2.75, 3.05) is 5.32 Å². The van der Waals surface area contributed by atoms with Gasteiger partial charge in [0.05, 0.1) is 5.69 Å². The van der Waals surface area contributed by atoms with Crippen LogP contribution in [-0.2, 0) is 11.8 Å². The second-order valence-electron chi connectivity index (χ2n) is 7.59. The van der Waals surface area contributed by atoms with Crippen LogP contribution in [0.25, 0.3) is 0 Å². The fraction of sp³-hybridized carbons (Fsp3) is 0.273. The van der Waals surface area contributed by atoms with Gasteiger partial charge >= 0.3 is 0 Å². The summed E-state index contributed by atoms with van der Waals surface area (Å²) in [5.74, 6) is 0.466. The highest BCUT2D eigenvalue weighted by Gasteiger charge is 2.13. The molecule has 4 nitrogen and oxygen atoms in total. The lowest BCUT2D eigenvalue weighted by atomic mass is 9.87. The maximum atomic E-state index is 12.5. The highest BCUT2D eigenvalue weighted by Crippen LogP contribution is 2.24. The summed E-state index contributed by atoms with van der Waals surface area (Å²) in [4.78, 5) is 19.9. The molecule has 0 atom stereocenters. The minimum Gasteiger partial charge on any atom is -0.326 e. The molecule has 0 aliphatic rings. The van der Waals surface area contributed by atoms with Crippen LogP contribution in [-0.4, -0.2) is 9.97 Å². The summed E-state index contributed by atoms with van der Waals surface area (Å²) in [5.41, 5.74) is 4.71. The number of aromatic amines is 1. The Morgan fingerprint density at radius 1 is 1.00 bits per heavy atom. The minimum absolute atomic E-state index is 0.102. The van der Waals surface area contributed by atoms with E-state index in [1.165, 1.54) is 5.56 Å². The van der Waals surface area contributed by atoms with Crippen molar-refractivity contribution < 1.29 is 0 Å². The topological polar surface area (TPSA) is 57.8 Å². The summed E-state index contributed by atoms with van der Waals surface area (Å²) < 4.78 is 0. The first kappa shape index (κ1) is 17.9. The Kier molecular flexibility index (Phi) is 4.94. The van der Waals surface area contributed by atoms with Gasteiger partial charge in [-0.2, -0.15) is 0 Å². The SMILES string of the molecule is Cc1nc(Nc2ccc(C(C)(C)C)cc2)[nH]c(=O)c1Cc1ccccc1. The Hall–Kier alpha value is -2.88. The van der Waals surface area contributed by atoms with Gasteiger partial charge in [0.25, 0.3) is 5.56 Å². The van der Waals surface area contributed by atoms with E-state index in [1.54, 1.807) is 0 Å². The third-order valence-electron chi connectivity index (χ3n) is 4.46. The van der Waals surface area contributed by atoms with Gasteiger partial charge in [-0.25, -0.2) is 4.98 Å². The van der Waals surface area contributed by atoms with Gasteiger partial charge in [-0.3, -0.25) is 9.78 Å². The van der Waals surface area contributed by atoms with E-state index in [9.17, 15) is 4.79 Å². The normalized spacial score (nSPS) is 11.4. The summed E-state index contributed by atoms with van der Waals surface area (Å²) in [6.45, 7) is 8.43. The van der Waals surface area contributed by atoms with E-state index >= 15 is 0 Å². The van der Waals surface area contributed by atoms with Gasteiger partial charge in [-0.1, -0.05) is 63.2 Å². The first-order valence-electron chi connectivity index (χ1n) is 8.84. The van der Waals surface area contributed by atoms with Gasteiger partial charge in [0.1, 0.15) is 0 Å². The molecule has 0 aliphatic heterocycles. The molecule has 0 unspecified atom stereocenters. The summed E-state index contributed by atoms with van der Waals surface area (Å²) in [6.07, 6.45) is 0.579. The van der Waals surface area contributed by atoms with E-state index in [0.717, 1.165) is 16.9 Å². The number of benzene rings is 2. The van der Waals surface area contributed by atoms with Crippen molar-refractivity contribution >= 4 is 11.6 Å². The van der Waals surface area contributed by atoms with Crippen LogP contribution in [0.1, 0.15) is 43.2 Å². The Morgan fingerprint density at radius 3 is 2.23 bits per heavy atom. The predicted molar refractivity (Wildman–Crippen MR) is 107 cm³/mol. The van der Waals surface area contributed by atoms with Crippen LogP contribution in [0.5, 0.6) is 0 Å². The van der Waals surface area contributed by atoms with Crippen molar-refractivity contribution in [1.82, 2.24) is 9.97 Å². The van der Waals surface area contributed by atoms with Crippen LogP contribution in [0.3, 0.4) is 0 Å². The van der Waals surface area contributed by atoms with E-state index in [0.29, 0.717) is 17.9 Å². The number of aryl methyl sites for hydroxylation is 1. The molecule has 0 spiro atoms. The lowest BCUT2D eigenvalue weighted by Crippen LogP contribution is -2.18. The first-order valence-corrected chi connectivity index (χ1v) is 8.84. The summed E-state index contributed by atoms with van der Waals surface area (Å²) in [6, 6.07) is 18.2. The van der Waals surface area contributed by atoms with Gasteiger partial charge in [0.2, 0.25) is 5.95 Å². The zero-order valence-corrected chi connectivity index (χ0v) is 15.8. The average Bonchev–Trinajstić information content (AvgIpc) is 2.59. The highest BCUT2D eigenvalue weighted by molar-refractivity contribution is 5.54. The van der Waals surface area contributed by atoms with Gasteiger partial charge in [0, 0.05) is 17.7 Å². The molecular weight excluding hydrogens is 322 g/mol. The van der Waals surface area contributed by atoms with Crippen molar-refractivity contribution in [3.8, 4) is 0 Å². The number of anilines is 2. The third-order valence-corrected chi connectivity index (χ3v) is 4.46. The second kappa shape index (κ2) is 7.16. The van der Waals surface area contributed by atoms with E-state index < -0.39 is 0 Å².